The quantitative estimate of drug-likeness (QED) is 0.725. The van der Waals surface area contributed by atoms with Crippen LogP contribution in [0.3, 0.4) is 0 Å². The summed E-state index contributed by atoms with van der Waals surface area (Å²) < 4.78 is 11.2. The zero-order valence-electron chi connectivity index (χ0n) is 10.1. The lowest BCUT2D eigenvalue weighted by molar-refractivity contribution is -0.0807. The summed E-state index contributed by atoms with van der Waals surface area (Å²) in [7, 11) is 0. The molecule has 0 bridgehead atoms. The second kappa shape index (κ2) is 6.43. The topological polar surface area (TPSA) is 47.7 Å². The number of nitrogens with two attached hydrogens (primary N) is 1. The Labute approximate surface area is 92.7 Å². The summed E-state index contributed by atoms with van der Waals surface area (Å²) in [6, 6.07) is 0. The highest BCUT2D eigenvalue weighted by Gasteiger charge is 2.23. The van der Waals surface area contributed by atoms with E-state index in [0.29, 0.717) is 18.8 Å². The molecule has 1 rings (SSSR count). The van der Waals surface area contributed by atoms with Gasteiger partial charge in [-0.3, -0.25) is 4.90 Å². The Morgan fingerprint density at radius 2 is 2.00 bits per heavy atom. The third-order valence-corrected chi connectivity index (χ3v) is 2.62. The maximum absolute atomic E-state index is 5.68. The summed E-state index contributed by atoms with van der Waals surface area (Å²) in [5, 5.41) is 0. The molecule has 15 heavy (non-hydrogen) atoms. The van der Waals surface area contributed by atoms with Gasteiger partial charge in [0.15, 0.2) is 0 Å². The van der Waals surface area contributed by atoms with Crippen molar-refractivity contribution in [2.75, 3.05) is 32.8 Å². The van der Waals surface area contributed by atoms with E-state index in [0.717, 1.165) is 26.2 Å². The first-order valence-corrected chi connectivity index (χ1v) is 5.85. The minimum atomic E-state index is 0.160. The molecule has 0 aromatic carbocycles. The average Bonchev–Trinajstić information content (AvgIpc) is 2.15. The number of rotatable bonds is 5. The first kappa shape index (κ1) is 12.9. The maximum Gasteiger partial charge on any atom is 0.0823 e. The van der Waals surface area contributed by atoms with Crippen LogP contribution >= 0.6 is 0 Å². The number of nitrogens with zero attached hydrogens (tertiary/aromatic N) is 1. The Morgan fingerprint density at radius 3 is 2.47 bits per heavy atom. The Hall–Kier alpha value is -0.160. The van der Waals surface area contributed by atoms with Gasteiger partial charge in [0.1, 0.15) is 0 Å². The van der Waals surface area contributed by atoms with E-state index >= 15 is 0 Å². The van der Waals surface area contributed by atoms with Gasteiger partial charge in [-0.1, -0.05) is 0 Å². The monoisotopic (exact) mass is 216 g/mol. The highest BCUT2D eigenvalue weighted by atomic mass is 16.5. The predicted octanol–water partition coefficient (Wildman–Crippen LogP) is 0.459. The molecule has 0 saturated carbocycles. The molecule has 0 radical (unpaired) electrons. The Balaban J connectivity index is 2.35. The van der Waals surface area contributed by atoms with Crippen molar-refractivity contribution in [1.29, 1.82) is 0 Å². The molecule has 0 spiro atoms. The molecule has 90 valence electrons. The third-order valence-electron chi connectivity index (χ3n) is 2.62. The number of ether oxygens (including phenoxy) is 2. The van der Waals surface area contributed by atoms with Crippen molar-refractivity contribution in [2.24, 2.45) is 5.73 Å². The molecule has 0 amide bonds. The molecule has 4 heteroatoms. The zero-order chi connectivity index (χ0) is 11.3. The number of morpholine rings is 1. The van der Waals surface area contributed by atoms with E-state index in [9.17, 15) is 0 Å². The summed E-state index contributed by atoms with van der Waals surface area (Å²) in [4.78, 5) is 2.38. The molecule has 1 aliphatic rings. The highest BCUT2D eigenvalue weighted by Crippen LogP contribution is 2.11. The summed E-state index contributed by atoms with van der Waals surface area (Å²) in [5.41, 5.74) is 5.66. The molecule has 0 aromatic rings. The molecule has 1 saturated heterocycles. The fraction of sp³-hybridized carbons (Fsp3) is 1.00. The van der Waals surface area contributed by atoms with Crippen LogP contribution in [0.25, 0.3) is 0 Å². The lowest BCUT2D eigenvalue weighted by Gasteiger charge is -2.36. The van der Waals surface area contributed by atoms with Gasteiger partial charge in [0.05, 0.1) is 18.3 Å². The van der Waals surface area contributed by atoms with E-state index in [1.54, 1.807) is 0 Å². The fourth-order valence-corrected chi connectivity index (χ4v) is 2.15. The van der Waals surface area contributed by atoms with Crippen LogP contribution in [0.1, 0.15) is 20.8 Å². The standard InChI is InChI=1S/C11H24N2O2/c1-4-14-11(5-12)8-13-6-9(2)15-10(3)7-13/h9-11H,4-8,12H2,1-3H3. The van der Waals surface area contributed by atoms with Crippen LogP contribution in [-0.4, -0.2) is 56.0 Å². The van der Waals surface area contributed by atoms with E-state index in [1.165, 1.54) is 0 Å². The van der Waals surface area contributed by atoms with E-state index in [4.69, 9.17) is 15.2 Å². The minimum absolute atomic E-state index is 0.160. The molecule has 1 fully saturated rings. The van der Waals surface area contributed by atoms with Crippen molar-refractivity contribution in [1.82, 2.24) is 4.90 Å². The van der Waals surface area contributed by atoms with Crippen LogP contribution in [0.15, 0.2) is 0 Å². The summed E-state index contributed by atoms with van der Waals surface area (Å²) in [6.45, 7) is 10.4. The largest absolute Gasteiger partial charge is 0.376 e. The average molecular weight is 216 g/mol. The summed E-state index contributed by atoms with van der Waals surface area (Å²) in [6.07, 6.45) is 0.787. The molecule has 3 unspecified atom stereocenters. The predicted molar refractivity (Wildman–Crippen MR) is 60.9 cm³/mol. The second-order valence-electron chi connectivity index (χ2n) is 4.29. The number of hydrogen-bond acceptors (Lipinski definition) is 4. The molecule has 1 heterocycles. The molecule has 1 aliphatic heterocycles. The Kier molecular flexibility index (Phi) is 5.53. The Morgan fingerprint density at radius 1 is 1.40 bits per heavy atom. The van der Waals surface area contributed by atoms with E-state index in [1.807, 2.05) is 6.92 Å². The van der Waals surface area contributed by atoms with Gasteiger partial charge in [0.2, 0.25) is 0 Å². The molecule has 0 aromatic heterocycles. The second-order valence-corrected chi connectivity index (χ2v) is 4.29. The van der Waals surface area contributed by atoms with Crippen molar-refractivity contribution >= 4 is 0 Å². The minimum Gasteiger partial charge on any atom is -0.376 e. The third kappa shape index (κ3) is 4.47. The van der Waals surface area contributed by atoms with Gasteiger partial charge in [0.25, 0.3) is 0 Å². The first-order valence-electron chi connectivity index (χ1n) is 5.85. The van der Waals surface area contributed by atoms with Crippen LogP contribution in [0.2, 0.25) is 0 Å². The number of hydrogen-bond donors (Lipinski definition) is 1. The van der Waals surface area contributed by atoms with E-state index in [-0.39, 0.29) is 6.10 Å². The maximum atomic E-state index is 5.68. The van der Waals surface area contributed by atoms with Crippen molar-refractivity contribution in [3.63, 3.8) is 0 Å². The smallest absolute Gasteiger partial charge is 0.0823 e. The van der Waals surface area contributed by atoms with Gasteiger partial charge in [-0.25, -0.2) is 0 Å². The van der Waals surface area contributed by atoms with Crippen LogP contribution in [0.4, 0.5) is 0 Å². The van der Waals surface area contributed by atoms with Crippen molar-refractivity contribution in [3.8, 4) is 0 Å². The van der Waals surface area contributed by atoms with E-state index in [2.05, 4.69) is 18.7 Å². The lowest BCUT2D eigenvalue weighted by atomic mass is 10.2. The van der Waals surface area contributed by atoms with Gasteiger partial charge in [0, 0.05) is 32.8 Å². The van der Waals surface area contributed by atoms with Crippen LogP contribution in [0.5, 0.6) is 0 Å². The zero-order valence-corrected chi connectivity index (χ0v) is 10.1. The fourth-order valence-electron chi connectivity index (χ4n) is 2.15. The van der Waals surface area contributed by atoms with Crippen LogP contribution in [-0.2, 0) is 9.47 Å². The van der Waals surface area contributed by atoms with Crippen LogP contribution < -0.4 is 5.73 Å². The lowest BCUT2D eigenvalue weighted by Crippen LogP contribution is -2.49. The van der Waals surface area contributed by atoms with Crippen molar-refractivity contribution < 1.29 is 9.47 Å². The summed E-state index contributed by atoms with van der Waals surface area (Å²) >= 11 is 0. The molecule has 4 nitrogen and oxygen atoms in total. The molecule has 3 atom stereocenters. The van der Waals surface area contributed by atoms with Crippen molar-refractivity contribution in [3.05, 3.63) is 0 Å². The molecular formula is C11H24N2O2. The van der Waals surface area contributed by atoms with Gasteiger partial charge in [-0.05, 0) is 20.8 Å². The molecular weight excluding hydrogens is 192 g/mol. The van der Waals surface area contributed by atoms with E-state index < -0.39 is 0 Å². The molecule has 0 aliphatic carbocycles. The molecule has 2 N–H and O–H groups in total. The first-order chi connectivity index (χ1) is 7.15. The van der Waals surface area contributed by atoms with Gasteiger partial charge in [-0.15, -0.1) is 0 Å². The SMILES string of the molecule is CCOC(CN)CN1CC(C)OC(C)C1. The van der Waals surface area contributed by atoms with Gasteiger partial charge >= 0.3 is 0 Å². The van der Waals surface area contributed by atoms with Gasteiger partial charge in [-0.2, -0.15) is 0 Å². The van der Waals surface area contributed by atoms with Crippen molar-refractivity contribution in [2.45, 2.75) is 39.1 Å². The Bertz CT molecular complexity index is 168. The van der Waals surface area contributed by atoms with Crippen LogP contribution in [0, 0.1) is 0 Å². The highest BCUT2D eigenvalue weighted by molar-refractivity contribution is 4.76. The summed E-state index contributed by atoms with van der Waals surface area (Å²) in [5.74, 6) is 0. The normalized spacial score (nSPS) is 30.4. The van der Waals surface area contributed by atoms with Gasteiger partial charge < -0.3 is 15.2 Å².